The molecule has 3 rings (SSSR count). The molecule has 0 aliphatic carbocycles. The summed E-state index contributed by atoms with van der Waals surface area (Å²) in [6.45, 7) is 5.78. The highest BCUT2D eigenvalue weighted by atomic mass is 16.2. The zero-order chi connectivity index (χ0) is 16.8. The molecule has 0 atom stereocenters. The Morgan fingerprint density at radius 3 is 2.71 bits per heavy atom. The maximum Gasteiger partial charge on any atom is 0.272 e. The number of hydrogen-bond acceptors (Lipinski definition) is 6. The molecule has 1 saturated heterocycles. The van der Waals surface area contributed by atoms with Gasteiger partial charge in [-0.3, -0.25) is 4.79 Å². The molecule has 0 bridgehead atoms. The highest BCUT2D eigenvalue weighted by molar-refractivity contribution is 5.93. The molecule has 7 nitrogen and oxygen atoms in total. The molecule has 1 aliphatic heterocycles. The fourth-order valence-corrected chi connectivity index (χ4v) is 2.67. The summed E-state index contributed by atoms with van der Waals surface area (Å²) in [4.78, 5) is 29.3. The van der Waals surface area contributed by atoms with Crippen molar-refractivity contribution in [2.45, 2.75) is 13.3 Å². The Hall–Kier alpha value is -2.70. The third-order valence-corrected chi connectivity index (χ3v) is 3.98. The lowest BCUT2D eigenvalue weighted by atomic mass is 10.2. The van der Waals surface area contributed by atoms with Crippen LogP contribution in [0.15, 0.2) is 36.8 Å². The molecule has 24 heavy (non-hydrogen) atoms. The van der Waals surface area contributed by atoms with Gasteiger partial charge in [-0.2, -0.15) is 0 Å². The number of carbonyl (C=O) groups is 1. The fourth-order valence-electron chi connectivity index (χ4n) is 2.67. The lowest BCUT2D eigenvalue weighted by molar-refractivity contribution is 0.0740. The number of piperazine rings is 1. The predicted octanol–water partition coefficient (Wildman–Crippen LogP) is 1.66. The van der Waals surface area contributed by atoms with Gasteiger partial charge in [0.05, 0.1) is 0 Å². The van der Waals surface area contributed by atoms with Crippen molar-refractivity contribution < 1.29 is 4.79 Å². The number of nitrogens with one attached hydrogen (secondary N) is 1. The first-order chi connectivity index (χ1) is 11.8. The normalized spacial score (nSPS) is 14.5. The van der Waals surface area contributed by atoms with E-state index in [1.54, 1.807) is 12.3 Å². The third-order valence-electron chi connectivity index (χ3n) is 3.98. The highest BCUT2D eigenvalue weighted by Gasteiger charge is 2.23. The maximum atomic E-state index is 12.6. The van der Waals surface area contributed by atoms with Crippen LogP contribution in [0.4, 0.5) is 11.6 Å². The largest absolute Gasteiger partial charge is 0.370 e. The molecule has 7 heteroatoms. The molecule has 1 amide bonds. The summed E-state index contributed by atoms with van der Waals surface area (Å²) in [5.41, 5.74) is 0.440. The molecule has 1 aliphatic rings. The fraction of sp³-hybridized carbons (Fsp3) is 0.412. The number of amides is 1. The summed E-state index contributed by atoms with van der Waals surface area (Å²) in [6, 6.07) is 7.60. The van der Waals surface area contributed by atoms with Crippen molar-refractivity contribution in [2.75, 3.05) is 42.9 Å². The van der Waals surface area contributed by atoms with E-state index >= 15 is 0 Å². The van der Waals surface area contributed by atoms with Crippen molar-refractivity contribution in [2.24, 2.45) is 0 Å². The van der Waals surface area contributed by atoms with Gasteiger partial charge in [0, 0.05) is 45.0 Å². The van der Waals surface area contributed by atoms with Gasteiger partial charge in [-0.05, 0) is 18.6 Å². The summed E-state index contributed by atoms with van der Waals surface area (Å²) in [5.74, 6) is 1.61. The van der Waals surface area contributed by atoms with Crippen LogP contribution in [-0.4, -0.2) is 58.5 Å². The van der Waals surface area contributed by atoms with Crippen LogP contribution >= 0.6 is 0 Å². The van der Waals surface area contributed by atoms with E-state index in [4.69, 9.17) is 0 Å². The van der Waals surface area contributed by atoms with Crippen LogP contribution in [0, 0.1) is 0 Å². The molecule has 1 fully saturated rings. The maximum absolute atomic E-state index is 12.6. The van der Waals surface area contributed by atoms with Crippen molar-refractivity contribution in [1.82, 2.24) is 19.9 Å². The Balaban J connectivity index is 1.61. The van der Waals surface area contributed by atoms with Gasteiger partial charge in [-0.1, -0.05) is 13.0 Å². The van der Waals surface area contributed by atoms with Gasteiger partial charge in [0.1, 0.15) is 23.7 Å². The van der Waals surface area contributed by atoms with E-state index in [-0.39, 0.29) is 5.91 Å². The molecule has 2 aromatic rings. The number of carbonyl (C=O) groups excluding carboxylic acids is 1. The standard InChI is InChI=1S/C17H22N6O/c1-2-6-18-15-12-14(20-13-21-15)17(24)23-10-8-22(9-11-23)16-5-3-4-7-19-16/h3-5,7,12-13H,2,6,8-11H2,1H3,(H,18,20,21). The van der Waals surface area contributed by atoms with Gasteiger partial charge in [0.2, 0.25) is 0 Å². The topological polar surface area (TPSA) is 74.2 Å². The summed E-state index contributed by atoms with van der Waals surface area (Å²) in [5, 5.41) is 3.18. The van der Waals surface area contributed by atoms with E-state index in [0.717, 1.165) is 31.9 Å². The molecule has 0 radical (unpaired) electrons. The van der Waals surface area contributed by atoms with Crippen molar-refractivity contribution in [3.05, 3.63) is 42.5 Å². The summed E-state index contributed by atoms with van der Waals surface area (Å²) >= 11 is 0. The van der Waals surface area contributed by atoms with Gasteiger partial charge in [0.15, 0.2) is 0 Å². The van der Waals surface area contributed by atoms with Crippen molar-refractivity contribution in [1.29, 1.82) is 0 Å². The highest BCUT2D eigenvalue weighted by Crippen LogP contribution is 2.14. The Morgan fingerprint density at radius 2 is 2.00 bits per heavy atom. The Bertz CT molecular complexity index is 670. The van der Waals surface area contributed by atoms with E-state index in [2.05, 4.69) is 32.1 Å². The summed E-state index contributed by atoms with van der Waals surface area (Å²) in [7, 11) is 0. The second-order valence-electron chi connectivity index (χ2n) is 5.68. The van der Waals surface area contributed by atoms with Crippen LogP contribution in [-0.2, 0) is 0 Å². The molecule has 2 aromatic heterocycles. The molecule has 1 N–H and O–H groups in total. The molecule has 0 saturated carbocycles. The van der Waals surface area contributed by atoms with Gasteiger partial charge >= 0.3 is 0 Å². The van der Waals surface area contributed by atoms with Crippen LogP contribution < -0.4 is 10.2 Å². The number of pyridine rings is 1. The minimum Gasteiger partial charge on any atom is -0.370 e. The lowest BCUT2D eigenvalue weighted by Crippen LogP contribution is -2.49. The molecule has 3 heterocycles. The van der Waals surface area contributed by atoms with Gasteiger partial charge in [-0.25, -0.2) is 15.0 Å². The Labute approximate surface area is 141 Å². The quantitative estimate of drug-likeness (QED) is 0.901. The Morgan fingerprint density at radius 1 is 1.17 bits per heavy atom. The number of aromatic nitrogens is 3. The number of rotatable bonds is 5. The van der Waals surface area contributed by atoms with Gasteiger partial charge < -0.3 is 15.1 Å². The first-order valence-corrected chi connectivity index (χ1v) is 8.29. The van der Waals surface area contributed by atoms with E-state index in [9.17, 15) is 4.79 Å². The third kappa shape index (κ3) is 3.79. The van der Waals surface area contributed by atoms with Crippen molar-refractivity contribution in [3.8, 4) is 0 Å². The molecule has 0 aromatic carbocycles. The zero-order valence-electron chi connectivity index (χ0n) is 13.9. The molecule has 0 unspecified atom stereocenters. The minimum absolute atomic E-state index is 0.0439. The first kappa shape index (κ1) is 16.2. The monoisotopic (exact) mass is 326 g/mol. The second kappa shape index (κ2) is 7.72. The van der Waals surface area contributed by atoms with E-state index in [1.807, 2.05) is 23.1 Å². The second-order valence-corrected chi connectivity index (χ2v) is 5.68. The van der Waals surface area contributed by atoms with Crippen molar-refractivity contribution >= 4 is 17.5 Å². The number of nitrogens with zero attached hydrogens (tertiary/aromatic N) is 5. The average Bonchev–Trinajstić information content (AvgIpc) is 2.67. The van der Waals surface area contributed by atoms with Crippen LogP contribution in [0.2, 0.25) is 0 Å². The number of hydrogen-bond donors (Lipinski definition) is 1. The zero-order valence-corrected chi connectivity index (χ0v) is 13.9. The number of anilines is 2. The summed E-state index contributed by atoms with van der Waals surface area (Å²) in [6.07, 6.45) is 4.23. The predicted molar refractivity (Wildman–Crippen MR) is 93.2 cm³/mol. The molecule has 126 valence electrons. The lowest BCUT2D eigenvalue weighted by Gasteiger charge is -2.35. The molecular weight excluding hydrogens is 304 g/mol. The summed E-state index contributed by atoms with van der Waals surface area (Å²) < 4.78 is 0. The van der Waals surface area contributed by atoms with Gasteiger partial charge in [-0.15, -0.1) is 0 Å². The average molecular weight is 326 g/mol. The SMILES string of the molecule is CCCNc1cc(C(=O)N2CCN(c3ccccn3)CC2)ncn1. The van der Waals surface area contributed by atoms with Crippen molar-refractivity contribution in [3.63, 3.8) is 0 Å². The Kier molecular flexibility index (Phi) is 5.20. The molecule has 0 spiro atoms. The van der Waals surface area contributed by atoms with Crippen LogP contribution in [0.3, 0.4) is 0 Å². The first-order valence-electron chi connectivity index (χ1n) is 8.29. The molecular formula is C17H22N6O. The van der Waals surface area contributed by atoms with Crippen LogP contribution in [0.1, 0.15) is 23.8 Å². The van der Waals surface area contributed by atoms with E-state index in [1.165, 1.54) is 6.33 Å². The van der Waals surface area contributed by atoms with Crippen LogP contribution in [0.5, 0.6) is 0 Å². The smallest absolute Gasteiger partial charge is 0.272 e. The van der Waals surface area contributed by atoms with E-state index in [0.29, 0.717) is 24.6 Å². The van der Waals surface area contributed by atoms with E-state index < -0.39 is 0 Å². The van der Waals surface area contributed by atoms with Crippen LogP contribution in [0.25, 0.3) is 0 Å². The minimum atomic E-state index is -0.0439. The van der Waals surface area contributed by atoms with Gasteiger partial charge in [0.25, 0.3) is 5.91 Å².